The van der Waals surface area contributed by atoms with E-state index in [4.69, 9.17) is 0 Å². The summed E-state index contributed by atoms with van der Waals surface area (Å²) in [6.07, 6.45) is 4.16. The van der Waals surface area contributed by atoms with Gasteiger partial charge in [-0.25, -0.2) is 0 Å². The van der Waals surface area contributed by atoms with E-state index in [1.807, 2.05) is 6.20 Å². The zero-order valence-corrected chi connectivity index (χ0v) is 10.8. The highest BCUT2D eigenvalue weighted by atomic mass is 15.3. The number of nitrogens with zero attached hydrogens (tertiary/aromatic N) is 2. The molecular formula is C15H19N3. The van der Waals surface area contributed by atoms with E-state index in [0.29, 0.717) is 5.92 Å². The van der Waals surface area contributed by atoms with E-state index in [-0.39, 0.29) is 0 Å². The van der Waals surface area contributed by atoms with E-state index in [2.05, 4.69) is 52.4 Å². The molecule has 3 heteroatoms. The lowest BCUT2D eigenvalue weighted by Gasteiger charge is -2.26. The molecule has 0 bridgehead atoms. The van der Waals surface area contributed by atoms with Gasteiger partial charge in [-0.2, -0.15) is 5.10 Å². The van der Waals surface area contributed by atoms with Crippen molar-refractivity contribution in [3.63, 3.8) is 0 Å². The Morgan fingerprint density at radius 2 is 2.22 bits per heavy atom. The Morgan fingerprint density at radius 3 is 3.11 bits per heavy atom. The van der Waals surface area contributed by atoms with Gasteiger partial charge in [0, 0.05) is 36.6 Å². The van der Waals surface area contributed by atoms with Gasteiger partial charge < -0.3 is 5.32 Å². The molecule has 0 fully saturated rings. The summed E-state index contributed by atoms with van der Waals surface area (Å²) in [4.78, 5) is 0. The molecule has 0 saturated carbocycles. The molecule has 0 saturated heterocycles. The molecule has 0 amide bonds. The fourth-order valence-electron chi connectivity index (χ4n) is 2.74. The molecule has 94 valence electrons. The number of aromatic nitrogens is 2. The molecule has 1 N–H and O–H groups in total. The Labute approximate surface area is 108 Å². The van der Waals surface area contributed by atoms with Crippen molar-refractivity contribution in [1.82, 2.24) is 9.78 Å². The minimum Gasteiger partial charge on any atom is -0.384 e. The fourth-order valence-corrected chi connectivity index (χ4v) is 2.74. The summed E-state index contributed by atoms with van der Waals surface area (Å²) in [5.74, 6) is 0.536. The predicted octanol–water partition coefficient (Wildman–Crippen LogP) is 3.04. The maximum absolute atomic E-state index is 4.43. The number of aryl methyl sites for hydroxylation is 1. The molecule has 18 heavy (non-hydrogen) atoms. The first-order valence-electron chi connectivity index (χ1n) is 6.72. The van der Waals surface area contributed by atoms with Gasteiger partial charge in [-0.3, -0.25) is 4.68 Å². The second-order valence-corrected chi connectivity index (χ2v) is 4.92. The van der Waals surface area contributed by atoms with Crippen LogP contribution in [0.25, 0.3) is 0 Å². The maximum atomic E-state index is 4.43. The van der Waals surface area contributed by atoms with Crippen molar-refractivity contribution in [2.45, 2.75) is 32.2 Å². The highest BCUT2D eigenvalue weighted by Gasteiger charge is 2.21. The molecule has 1 aliphatic rings. The van der Waals surface area contributed by atoms with Crippen LogP contribution < -0.4 is 5.32 Å². The van der Waals surface area contributed by atoms with Crippen molar-refractivity contribution in [1.29, 1.82) is 0 Å². The Kier molecular flexibility index (Phi) is 3.05. The van der Waals surface area contributed by atoms with E-state index in [0.717, 1.165) is 25.9 Å². The van der Waals surface area contributed by atoms with Crippen LogP contribution in [0.4, 0.5) is 5.69 Å². The molecule has 0 spiro atoms. The molecule has 1 aromatic carbocycles. The highest BCUT2D eigenvalue weighted by Crippen LogP contribution is 2.30. The van der Waals surface area contributed by atoms with Gasteiger partial charge in [0.05, 0.1) is 0 Å². The van der Waals surface area contributed by atoms with Crippen molar-refractivity contribution < 1.29 is 0 Å². The molecule has 1 aromatic heterocycles. The van der Waals surface area contributed by atoms with Gasteiger partial charge in [-0.15, -0.1) is 0 Å². The van der Waals surface area contributed by atoms with E-state index in [1.165, 1.54) is 16.9 Å². The largest absolute Gasteiger partial charge is 0.384 e. The van der Waals surface area contributed by atoms with Crippen molar-refractivity contribution in [3.05, 3.63) is 47.8 Å². The van der Waals surface area contributed by atoms with Crippen LogP contribution in [0, 0.1) is 0 Å². The lowest BCUT2D eigenvalue weighted by Crippen LogP contribution is -2.24. The summed E-state index contributed by atoms with van der Waals surface area (Å²) >= 11 is 0. The fraction of sp³-hybridized carbons (Fsp3) is 0.400. The third-order valence-electron chi connectivity index (χ3n) is 3.63. The van der Waals surface area contributed by atoms with Gasteiger partial charge in [0.1, 0.15) is 0 Å². The first-order valence-corrected chi connectivity index (χ1v) is 6.72. The van der Waals surface area contributed by atoms with Crippen LogP contribution in [0.2, 0.25) is 0 Å². The lowest BCUT2D eigenvalue weighted by atomic mass is 9.91. The average Bonchev–Trinajstić information content (AvgIpc) is 2.87. The zero-order valence-electron chi connectivity index (χ0n) is 10.8. The standard InChI is InChI=1S/C15H19N3/c1-2-9-18-15(7-8-17-18)13-10-12-5-3-4-6-14(12)16-11-13/h3-8,13,16H,2,9-11H2,1H3. The number of rotatable bonds is 3. The van der Waals surface area contributed by atoms with Crippen molar-refractivity contribution in [2.24, 2.45) is 0 Å². The van der Waals surface area contributed by atoms with Gasteiger partial charge in [0.2, 0.25) is 0 Å². The van der Waals surface area contributed by atoms with Crippen LogP contribution in [0.3, 0.4) is 0 Å². The molecule has 3 nitrogen and oxygen atoms in total. The topological polar surface area (TPSA) is 29.9 Å². The van der Waals surface area contributed by atoms with E-state index >= 15 is 0 Å². The van der Waals surface area contributed by atoms with E-state index < -0.39 is 0 Å². The molecule has 2 aromatic rings. The van der Waals surface area contributed by atoms with Gasteiger partial charge in [0.25, 0.3) is 0 Å². The minimum absolute atomic E-state index is 0.536. The summed E-state index contributed by atoms with van der Waals surface area (Å²) in [5, 5.41) is 7.96. The molecular weight excluding hydrogens is 222 g/mol. The van der Waals surface area contributed by atoms with Crippen LogP contribution in [-0.4, -0.2) is 16.3 Å². The zero-order chi connectivity index (χ0) is 12.4. The number of hydrogen-bond acceptors (Lipinski definition) is 2. The van der Waals surface area contributed by atoms with Gasteiger partial charge in [-0.1, -0.05) is 25.1 Å². The Bertz CT molecular complexity index is 530. The number of benzene rings is 1. The van der Waals surface area contributed by atoms with Crippen molar-refractivity contribution in [3.8, 4) is 0 Å². The van der Waals surface area contributed by atoms with E-state index in [1.54, 1.807) is 0 Å². The van der Waals surface area contributed by atoms with Crippen LogP contribution in [0.5, 0.6) is 0 Å². The van der Waals surface area contributed by atoms with Crippen LogP contribution in [0.1, 0.15) is 30.5 Å². The van der Waals surface area contributed by atoms with Gasteiger partial charge in [-0.05, 0) is 30.5 Å². The number of para-hydroxylation sites is 1. The van der Waals surface area contributed by atoms with Crippen LogP contribution >= 0.6 is 0 Å². The van der Waals surface area contributed by atoms with Gasteiger partial charge >= 0.3 is 0 Å². The predicted molar refractivity (Wildman–Crippen MR) is 73.9 cm³/mol. The third-order valence-corrected chi connectivity index (χ3v) is 3.63. The Morgan fingerprint density at radius 1 is 1.33 bits per heavy atom. The van der Waals surface area contributed by atoms with Crippen molar-refractivity contribution in [2.75, 3.05) is 11.9 Å². The number of anilines is 1. The summed E-state index contributed by atoms with van der Waals surface area (Å²) in [7, 11) is 0. The summed E-state index contributed by atoms with van der Waals surface area (Å²) in [6.45, 7) is 4.22. The SMILES string of the molecule is CCCn1nccc1C1CNc2ccccc2C1. The molecule has 3 rings (SSSR count). The lowest BCUT2D eigenvalue weighted by molar-refractivity contribution is 0.534. The van der Waals surface area contributed by atoms with Crippen LogP contribution in [0.15, 0.2) is 36.5 Å². The quantitative estimate of drug-likeness (QED) is 0.895. The third kappa shape index (κ3) is 2.01. The second-order valence-electron chi connectivity index (χ2n) is 4.92. The Balaban J connectivity index is 1.85. The number of fused-ring (bicyclic) bond motifs is 1. The Hall–Kier alpha value is -1.77. The normalized spacial score (nSPS) is 18.2. The number of nitrogens with one attached hydrogen (secondary N) is 1. The average molecular weight is 241 g/mol. The molecule has 1 unspecified atom stereocenters. The molecule has 2 heterocycles. The summed E-state index contributed by atoms with van der Waals surface area (Å²) < 4.78 is 2.15. The molecule has 0 radical (unpaired) electrons. The smallest absolute Gasteiger partial charge is 0.0492 e. The van der Waals surface area contributed by atoms with Crippen molar-refractivity contribution >= 4 is 5.69 Å². The first kappa shape index (κ1) is 11.3. The summed E-state index contributed by atoms with van der Waals surface area (Å²) in [5.41, 5.74) is 4.06. The molecule has 1 atom stereocenters. The minimum atomic E-state index is 0.536. The molecule has 0 aliphatic carbocycles. The van der Waals surface area contributed by atoms with E-state index in [9.17, 15) is 0 Å². The molecule has 1 aliphatic heterocycles. The highest BCUT2D eigenvalue weighted by molar-refractivity contribution is 5.54. The first-order chi connectivity index (χ1) is 8.88. The van der Waals surface area contributed by atoms with Gasteiger partial charge in [0.15, 0.2) is 0 Å². The number of hydrogen-bond donors (Lipinski definition) is 1. The van der Waals surface area contributed by atoms with Crippen LogP contribution in [-0.2, 0) is 13.0 Å². The summed E-state index contributed by atoms with van der Waals surface area (Å²) in [6, 6.07) is 10.7. The maximum Gasteiger partial charge on any atom is 0.0492 e. The monoisotopic (exact) mass is 241 g/mol. The second kappa shape index (κ2) is 4.84.